The van der Waals surface area contributed by atoms with E-state index in [2.05, 4.69) is 11.4 Å². The van der Waals surface area contributed by atoms with Crippen LogP contribution in [0.15, 0.2) is 12.8 Å². The lowest BCUT2D eigenvalue weighted by molar-refractivity contribution is 0.0834. The van der Waals surface area contributed by atoms with E-state index in [0.717, 1.165) is 6.54 Å². The summed E-state index contributed by atoms with van der Waals surface area (Å²) in [4.78, 5) is 6.50. The van der Waals surface area contributed by atoms with Gasteiger partial charge in [-0.1, -0.05) is 6.58 Å². The molecule has 1 atom stereocenters. The Bertz CT molecular complexity index is 108. The second-order valence-corrected chi connectivity index (χ2v) is 2.24. The number of hydrogen-bond donors (Lipinski definition) is 2. The maximum atomic E-state index is 5.49. The molecule has 0 aromatic heterocycles. The fraction of sp³-hybridized carbons (Fsp3) is 0.714. The van der Waals surface area contributed by atoms with E-state index in [4.69, 9.17) is 11.6 Å². The van der Waals surface area contributed by atoms with Crippen molar-refractivity contribution in [1.82, 2.24) is 4.90 Å². The predicted molar refractivity (Wildman–Crippen MR) is 45.6 cm³/mol. The van der Waals surface area contributed by atoms with Gasteiger partial charge < -0.3 is 15.5 Å². The summed E-state index contributed by atoms with van der Waals surface area (Å²) in [5, 5.41) is 0. The van der Waals surface area contributed by atoms with E-state index in [1.165, 1.54) is 0 Å². The zero-order valence-corrected chi connectivity index (χ0v) is 6.99. The van der Waals surface area contributed by atoms with Crippen molar-refractivity contribution >= 4 is 0 Å². The first-order chi connectivity index (χ1) is 5.29. The average Bonchev–Trinajstić information content (AvgIpc) is 2.05. The Balaban J connectivity index is 3.86. The molecule has 0 aromatic carbocycles. The predicted octanol–water partition coefficient (Wildman–Crippen LogP) is -0.331. The largest absolute Gasteiger partial charge is 0.372 e. The van der Waals surface area contributed by atoms with Gasteiger partial charge in [-0.2, -0.15) is 0 Å². The van der Waals surface area contributed by atoms with E-state index in [-0.39, 0.29) is 6.04 Å². The number of nitrogens with two attached hydrogens (primary N) is 2. The highest BCUT2D eigenvalue weighted by Crippen LogP contribution is 1.97. The molecule has 0 aliphatic carbocycles. The minimum Gasteiger partial charge on any atom is -0.372 e. The number of rotatable bonds is 6. The molecule has 0 bridgehead atoms. The number of likely N-dealkylation sites (N-methyl/N-ethyl adjacent to an activating group) is 1. The lowest BCUT2D eigenvalue weighted by Crippen LogP contribution is -2.41. The Morgan fingerprint density at radius 2 is 2.36 bits per heavy atom. The quantitative estimate of drug-likeness (QED) is 0.521. The zero-order valence-electron chi connectivity index (χ0n) is 6.99. The second kappa shape index (κ2) is 6.15. The van der Waals surface area contributed by atoms with Gasteiger partial charge >= 0.3 is 0 Å². The molecule has 66 valence electrons. The third-order valence-corrected chi connectivity index (χ3v) is 1.63. The van der Waals surface area contributed by atoms with E-state index < -0.39 is 0 Å². The lowest BCUT2D eigenvalue weighted by atomic mass is 10.3. The summed E-state index contributed by atoms with van der Waals surface area (Å²) in [6.07, 6.45) is 1.75. The van der Waals surface area contributed by atoms with Crippen LogP contribution >= 0.6 is 0 Å². The van der Waals surface area contributed by atoms with Crippen LogP contribution in [0.25, 0.3) is 0 Å². The summed E-state index contributed by atoms with van der Waals surface area (Å²) in [7, 11) is 0. The summed E-state index contributed by atoms with van der Waals surface area (Å²) < 4.78 is 0. The first-order valence-corrected chi connectivity index (χ1v) is 3.70. The smallest absolute Gasteiger partial charge is 0.0894 e. The van der Waals surface area contributed by atoms with Gasteiger partial charge in [0.15, 0.2) is 0 Å². The molecule has 0 amide bonds. The first kappa shape index (κ1) is 10.4. The number of hydrogen-bond acceptors (Lipinski definition) is 4. The van der Waals surface area contributed by atoms with E-state index in [1.54, 1.807) is 6.20 Å². The van der Waals surface area contributed by atoms with Gasteiger partial charge in [-0.25, -0.2) is 5.90 Å². The summed E-state index contributed by atoms with van der Waals surface area (Å²) in [6.45, 7) is 7.52. The van der Waals surface area contributed by atoms with Gasteiger partial charge in [0.1, 0.15) is 0 Å². The van der Waals surface area contributed by atoms with Gasteiger partial charge in [-0.3, -0.25) is 0 Å². The third kappa shape index (κ3) is 3.36. The van der Waals surface area contributed by atoms with Crippen LogP contribution in [-0.2, 0) is 4.84 Å². The Labute approximate surface area is 67.7 Å². The maximum Gasteiger partial charge on any atom is 0.0894 e. The monoisotopic (exact) mass is 159 g/mol. The van der Waals surface area contributed by atoms with Crippen molar-refractivity contribution < 1.29 is 4.84 Å². The molecule has 0 aliphatic rings. The van der Waals surface area contributed by atoms with Crippen molar-refractivity contribution in [2.75, 3.05) is 19.7 Å². The standard InChI is InChI=1S/C7H17N3O/c1-3-10(4-2)7(5-8)6-11-9/h3,7H,1,4-6,8-9H2,2H3/t7-/m1/s1. The van der Waals surface area contributed by atoms with Crippen LogP contribution in [0.1, 0.15) is 6.92 Å². The highest BCUT2D eigenvalue weighted by atomic mass is 16.6. The van der Waals surface area contributed by atoms with E-state index in [1.807, 2.05) is 11.8 Å². The van der Waals surface area contributed by atoms with Crippen molar-refractivity contribution in [3.63, 3.8) is 0 Å². The molecule has 11 heavy (non-hydrogen) atoms. The third-order valence-electron chi connectivity index (χ3n) is 1.63. The highest BCUT2D eigenvalue weighted by Gasteiger charge is 2.10. The van der Waals surface area contributed by atoms with Gasteiger partial charge in [0.2, 0.25) is 0 Å². The minimum absolute atomic E-state index is 0.141. The fourth-order valence-corrected chi connectivity index (χ4v) is 0.947. The Morgan fingerprint density at radius 3 is 2.64 bits per heavy atom. The molecule has 4 heteroatoms. The van der Waals surface area contributed by atoms with Crippen LogP contribution < -0.4 is 11.6 Å². The SMILES string of the molecule is C=CN(CC)[C@H](CN)CON. The van der Waals surface area contributed by atoms with Gasteiger partial charge in [0, 0.05) is 13.1 Å². The highest BCUT2D eigenvalue weighted by molar-refractivity contribution is 4.79. The van der Waals surface area contributed by atoms with Gasteiger partial charge in [0.25, 0.3) is 0 Å². The summed E-state index contributed by atoms with van der Waals surface area (Å²) in [6, 6.07) is 0.141. The normalized spacial score (nSPS) is 12.6. The molecule has 0 heterocycles. The summed E-state index contributed by atoms with van der Waals surface area (Å²) in [5.41, 5.74) is 5.49. The van der Waals surface area contributed by atoms with Crippen molar-refractivity contribution in [3.8, 4) is 0 Å². The molecular weight excluding hydrogens is 142 g/mol. The van der Waals surface area contributed by atoms with Gasteiger partial charge in [-0.05, 0) is 13.1 Å². The van der Waals surface area contributed by atoms with Crippen LogP contribution in [0.5, 0.6) is 0 Å². The van der Waals surface area contributed by atoms with Gasteiger partial charge in [0.05, 0.1) is 12.6 Å². The fourth-order valence-electron chi connectivity index (χ4n) is 0.947. The molecule has 0 aliphatic heterocycles. The van der Waals surface area contributed by atoms with Crippen molar-refractivity contribution in [2.24, 2.45) is 11.6 Å². The van der Waals surface area contributed by atoms with Crippen LogP contribution in [0.2, 0.25) is 0 Å². The van der Waals surface area contributed by atoms with E-state index >= 15 is 0 Å². The molecule has 0 spiro atoms. The molecule has 0 saturated carbocycles. The molecule has 0 saturated heterocycles. The maximum absolute atomic E-state index is 5.49. The summed E-state index contributed by atoms with van der Waals surface area (Å²) in [5.74, 6) is 4.94. The molecule has 4 N–H and O–H groups in total. The number of nitrogens with zero attached hydrogens (tertiary/aromatic N) is 1. The molecule has 0 aromatic rings. The lowest BCUT2D eigenvalue weighted by Gasteiger charge is -2.26. The van der Waals surface area contributed by atoms with E-state index in [0.29, 0.717) is 13.2 Å². The molecule has 0 radical (unpaired) electrons. The molecule has 0 rings (SSSR count). The second-order valence-electron chi connectivity index (χ2n) is 2.24. The molecular formula is C7H17N3O. The average molecular weight is 159 g/mol. The van der Waals surface area contributed by atoms with Crippen molar-refractivity contribution in [2.45, 2.75) is 13.0 Å². The Morgan fingerprint density at radius 1 is 1.73 bits per heavy atom. The molecule has 0 fully saturated rings. The molecule has 0 unspecified atom stereocenters. The van der Waals surface area contributed by atoms with Crippen LogP contribution in [0.4, 0.5) is 0 Å². The zero-order chi connectivity index (χ0) is 8.69. The van der Waals surface area contributed by atoms with Crippen LogP contribution in [0.3, 0.4) is 0 Å². The van der Waals surface area contributed by atoms with Crippen molar-refractivity contribution in [3.05, 3.63) is 12.8 Å². The molecule has 4 nitrogen and oxygen atoms in total. The van der Waals surface area contributed by atoms with Gasteiger partial charge in [-0.15, -0.1) is 0 Å². The first-order valence-electron chi connectivity index (χ1n) is 3.70. The Kier molecular flexibility index (Phi) is 5.83. The Hall–Kier alpha value is -0.580. The van der Waals surface area contributed by atoms with E-state index in [9.17, 15) is 0 Å². The topological polar surface area (TPSA) is 64.5 Å². The minimum atomic E-state index is 0.141. The van der Waals surface area contributed by atoms with Crippen molar-refractivity contribution in [1.29, 1.82) is 0 Å². The summed E-state index contributed by atoms with van der Waals surface area (Å²) >= 11 is 0. The van der Waals surface area contributed by atoms with Crippen LogP contribution in [-0.4, -0.2) is 30.6 Å². The van der Waals surface area contributed by atoms with Crippen LogP contribution in [0, 0.1) is 0 Å².